The Hall–Kier alpha value is -2.15. The third kappa shape index (κ3) is 4.66. The predicted octanol–water partition coefficient (Wildman–Crippen LogP) is 1.10. The zero-order valence-corrected chi connectivity index (χ0v) is 13.8. The maximum atomic E-state index is 12.2. The Labute approximate surface area is 135 Å². The minimum atomic E-state index is -0.518. The van der Waals surface area contributed by atoms with Gasteiger partial charge < -0.3 is 15.0 Å². The number of nitrogens with zero attached hydrogens (tertiary/aromatic N) is 1. The molecule has 126 valence electrons. The molecule has 1 saturated heterocycles. The van der Waals surface area contributed by atoms with Gasteiger partial charge in [0.15, 0.2) is 6.54 Å². The second-order valence-electron chi connectivity index (χ2n) is 6.47. The summed E-state index contributed by atoms with van der Waals surface area (Å²) >= 11 is 0. The van der Waals surface area contributed by atoms with Gasteiger partial charge in [0.1, 0.15) is 11.4 Å². The van der Waals surface area contributed by atoms with E-state index < -0.39 is 4.92 Å². The first kappa shape index (κ1) is 17.2. The van der Waals surface area contributed by atoms with Crippen LogP contribution >= 0.6 is 0 Å². The number of methoxy groups -OCH3 is 1. The largest absolute Gasteiger partial charge is 0.496 e. The summed E-state index contributed by atoms with van der Waals surface area (Å²) < 4.78 is 4.99. The molecule has 0 aliphatic carbocycles. The van der Waals surface area contributed by atoms with Crippen LogP contribution in [0.1, 0.15) is 20.3 Å². The van der Waals surface area contributed by atoms with Gasteiger partial charge >= 0.3 is 0 Å². The molecule has 1 aromatic carbocycles. The van der Waals surface area contributed by atoms with Crippen molar-refractivity contribution in [2.45, 2.75) is 20.3 Å². The molecular formula is C16H24N3O4+. The van der Waals surface area contributed by atoms with Crippen molar-refractivity contribution >= 4 is 17.3 Å². The van der Waals surface area contributed by atoms with Crippen molar-refractivity contribution in [2.24, 2.45) is 11.8 Å². The highest BCUT2D eigenvalue weighted by Gasteiger charge is 2.27. The van der Waals surface area contributed by atoms with E-state index in [1.807, 2.05) is 0 Å². The molecule has 1 aliphatic rings. The number of piperidine rings is 1. The lowest BCUT2D eigenvalue weighted by Crippen LogP contribution is -3.15. The number of hydrogen-bond donors (Lipinski definition) is 2. The van der Waals surface area contributed by atoms with E-state index in [-0.39, 0.29) is 17.3 Å². The first-order valence-electron chi connectivity index (χ1n) is 7.85. The average Bonchev–Trinajstić information content (AvgIpc) is 2.46. The zero-order chi connectivity index (χ0) is 17.0. The standard InChI is InChI=1S/C16H23N3O4/c1-11-6-12(2)9-18(8-11)10-16(20)17-14-5-4-13(23-3)7-15(14)19(21)22/h4-5,7,11-12H,6,8-10H2,1-3H3,(H,17,20)/p+1/t11-,12-/m1/s1. The quantitative estimate of drug-likeness (QED) is 0.628. The predicted molar refractivity (Wildman–Crippen MR) is 86.8 cm³/mol. The summed E-state index contributed by atoms with van der Waals surface area (Å²) in [5, 5.41) is 13.8. The van der Waals surface area contributed by atoms with Gasteiger partial charge in [-0.05, 0) is 18.6 Å². The average molecular weight is 322 g/mol. The van der Waals surface area contributed by atoms with Crippen molar-refractivity contribution in [3.05, 3.63) is 28.3 Å². The third-order valence-electron chi connectivity index (χ3n) is 4.17. The lowest BCUT2D eigenvalue weighted by Gasteiger charge is -2.31. The number of ether oxygens (including phenoxy) is 1. The number of carbonyl (C=O) groups excluding carboxylic acids is 1. The molecular weight excluding hydrogens is 298 g/mol. The summed E-state index contributed by atoms with van der Waals surface area (Å²) in [6.07, 6.45) is 1.19. The van der Waals surface area contributed by atoms with Crippen LogP contribution in [0.15, 0.2) is 18.2 Å². The Balaban J connectivity index is 2.04. The molecule has 0 aromatic heterocycles. The number of amides is 1. The Morgan fingerprint density at radius 1 is 1.39 bits per heavy atom. The summed E-state index contributed by atoms with van der Waals surface area (Å²) in [5.74, 6) is 1.38. The highest BCUT2D eigenvalue weighted by atomic mass is 16.6. The van der Waals surface area contributed by atoms with Crippen LogP contribution < -0.4 is 15.0 Å². The Morgan fingerprint density at radius 3 is 2.61 bits per heavy atom. The maximum Gasteiger partial charge on any atom is 0.296 e. The summed E-state index contributed by atoms with van der Waals surface area (Å²) in [4.78, 5) is 24.1. The van der Waals surface area contributed by atoms with Crippen LogP contribution in [-0.4, -0.2) is 37.6 Å². The molecule has 1 amide bonds. The molecule has 7 heteroatoms. The van der Waals surface area contributed by atoms with Crippen LogP contribution in [-0.2, 0) is 4.79 Å². The van der Waals surface area contributed by atoms with Gasteiger partial charge in [0.25, 0.3) is 11.6 Å². The first-order chi connectivity index (χ1) is 10.9. The molecule has 2 N–H and O–H groups in total. The van der Waals surface area contributed by atoms with Crippen LogP contribution in [0.25, 0.3) is 0 Å². The molecule has 0 spiro atoms. The molecule has 0 radical (unpaired) electrons. The smallest absolute Gasteiger partial charge is 0.296 e. The van der Waals surface area contributed by atoms with Crippen LogP contribution in [0.4, 0.5) is 11.4 Å². The first-order valence-corrected chi connectivity index (χ1v) is 7.85. The molecule has 0 saturated carbocycles. The normalized spacial score (nSPS) is 24.0. The number of hydrogen-bond acceptors (Lipinski definition) is 4. The highest BCUT2D eigenvalue weighted by Crippen LogP contribution is 2.28. The number of carbonyl (C=O) groups is 1. The molecule has 7 nitrogen and oxygen atoms in total. The second-order valence-corrected chi connectivity index (χ2v) is 6.47. The topological polar surface area (TPSA) is 85.9 Å². The monoisotopic (exact) mass is 322 g/mol. The van der Waals surface area contributed by atoms with Gasteiger partial charge in [-0.1, -0.05) is 13.8 Å². The lowest BCUT2D eigenvalue weighted by atomic mass is 9.92. The van der Waals surface area contributed by atoms with Crippen LogP contribution in [0, 0.1) is 22.0 Å². The van der Waals surface area contributed by atoms with Crippen molar-refractivity contribution in [2.75, 3.05) is 32.1 Å². The molecule has 23 heavy (non-hydrogen) atoms. The molecule has 1 aromatic rings. The van der Waals surface area contributed by atoms with E-state index in [9.17, 15) is 14.9 Å². The zero-order valence-electron chi connectivity index (χ0n) is 13.8. The number of nitro groups is 1. The fraction of sp³-hybridized carbons (Fsp3) is 0.562. The van der Waals surface area contributed by atoms with E-state index in [1.165, 1.54) is 30.6 Å². The number of benzene rings is 1. The van der Waals surface area contributed by atoms with E-state index in [0.717, 1.165) is 13.1 Å². The summed E-state index contributed by atoms with van der Waals surface area (Å²) in [7, 11) is 1.44. The third-order valence-corrected chi connectivity index (χ3v) is 4.17. The van der Waals surface area contributed by atoms with E-state index in [4.69, 9.17) is 4.74 Å². The highest BCUT2D eigenvalue weighted by molar-refractivity contribution is 5.93. The Kier molecular flexibility index (Phi) is 5.54. The molecule has 2 rings (SSSR count). The van der Waals surface area contributed by atoms with Crippen LogP contribution in [0.5, 0.6) is 5.75 Å². The summed E-state index contributed by atoms with van der Waals surface area (Å²) in [6, 6.07) is 4.42. The van der Waals surface area contributed by atoms with Crippen molar-refractivity contribution < 1.29 is 19.4 Å². The number of anilines is 1. The molecule has 0 bridgehead atoms. The number of quaternary nitrogens is 1. The van der Waals surface area contributed by atoms with Gasteiger partial charge in [0, 0.05) is 11.8 Å². The SMILES string of the molecule is COc1ccc(NC(=O)C[NH+]2C[C@H](C)C[C@@H](C)C2)c([N+](=O)[O-])c1. The minimum Gasteiger partial charge on any atom is -0.496 e. The fourth-order valence-corrected chi connectivity index (χ4v) is 3.38. The lowest BCUT2D eigenvalue weighted by molar-refractivity contribution is -0.904. The molecule has 1 fully saturated rings. The van der Waals surface area contributed by atoms with Crippen LogP contribution in [0.3, 0.4) is 0 Å². The van der Waals surface area contributed by atoms with Crippen molar-refractivity contribution in [1.82, 2.24) is 0 Å². The van der Waals surface area contributed by atoms with Gasteiger partial charge in [-0.25, -0.2) is 0 Å². The number of nitrogens with one attached hydrogen (secondary N) is 2. The fourth-order valence-electron chi connectivity index (χ4n) is 3.38. The van der Waals surface area contributed by atoms with Gasteiger partial charge in [-0.2, -0.15) is 0 Å². The number of nitro benzene ring substituents is 1. The Morgan fingerprint density at radius 2 is 2.04 bits per heavy atom. The van der Waals surface area contributed by atoms with Crippen LogP contribution in [0.2, 0.25) is 0 Å². The van der Waals surface area contributed by atoms with Gasteiger partial charge in [0.2, 0.25) is 0 Å². The summed E-state index contributed by atoms with van der Waals surface area (Å²) in [6.45, 7) is 6.65. The van der Waals surface area contributed by atoms with E-state index in [0.29, 0.717) is 24.1 Å². The molecule has 0 unspecified atom stereocenters. The molecule has 2 atom stereocenters. The Bertz CT molecular complexity index is 581. The number of rotatable bonds is 5. The second kappa shape index (κ2) is 7.41. The van der Waals surface area contributed by atoms with Gasteiger partial charge in [0.05, 0.1) is 31.2 Å². The van der Waals surface area contributed by atoms with Gasteiger partial charge in [-0.3, -0.25) is 14.9 Å². The maximum absolute atomic E-state index is 12.2. The molecule has 1 heterocycles. The molecule has 1 aliphatic heterocycles. The minimum absolute atomic E-state index is 0.159. The van der Waals surface area contributed by atoms with Crippen molar-refractivity contribution in [3.63, 3.8) is 0 Å². The van der Waals surface area contributed by atoms with E-state index in [1.54, 1.807) is 6.07 Å². The van der Waals surface area contributed by atoms with E-state index >= 15 is 0 Å². The number of likely N-dealkylation sites (tertiary alicyclic amines) is 1. The van der Waals surface area contributed by atoms with E-state index in [2.05, 4.69) is 19.2 Å². The van der Waals surface area contributed by atoms with Crippen molar-refractivity contribution in [3.8, 4) is 5.75 Å². The van der Waals surface area contributed by atoms with Crippen molar-refractivity contribution in [1.29, 1.82) is 0 Å². The summed E-state index contributed by atoms with van der Waals surface area (Å²) in [5.41, 5.74) is 0.0476. The van der Waals surface area contributed by atoms with Gasteiger partial charge in [-0.15, -0.1) is 0 Å².